The Balaban J connectivity index is 2.52. The molecule has 2 N–H and O–H groups in total. The van der Waals surface area contributed by atoms with Gasteiger partial charge in [0, 0.05) is 6.61 Å². The van der Waals surface area contributed by atoms with Crippen LogP contribution in [0.5, 0.6) is 0 Å². The Kier molecular flexibility index (Phi) is 9.55. The smallest absolute Gasteiger partial charge is 0.145 e. The van der Waals surface area contributed by atoms with Gasteiger partial charge >= 0.3 is 0 Å². The third kappa shape index (κ3) is 5.43. The molecule has 3 heteroatoms. The first-order valence-electron chi connectivity index (χ1n) is 12.5. The van der Waals surface area contributed by atoms with Crippen LogP contribution in [0.2, 0.25) is 0 Å². The summed E-state index contributed by atoms with van der Waals surface area (Å²) in [7, 11) is 0.857. The van der Waals surface area contributed by atoms with Crippen LogP contribution in [0, 0.1) is 52.8 Å². The maximum absolute atomic E-state index is 6.24. The molecule has 2 aliphatic rings. The summed E-state index contributed by atoms with van der Waals surface area (Å²) in [6, 6.07) is 0. The first kappa shape index (κ1) is 24.4. The Morgan fingerprint density at radius 3 is 1.71 bits per heavy atom. The molecule has 6 atom stereocenters. The summed E-state index contributed by atoms with van der Waals surface area (Å²) in [4.78, 5) is 0. The lowest BCUT2D eigenvalue weighted by Crippen LogP contribution is -2.52. The Morgan fingerprint density at radius 2 is 1.36 bits per heavy atom. The highest BCUT2D eigenvalue weighted by Crippen LogP contribution is 2.58. The molecule has 0 saturated heterocycles. The molecule has 6 unspecified atom stereocenters. The van der Waals surface area contributed by atoms with Gasteiger partial charge < -0.3 is 10.2 Å². The van der Waals surface area contributed by atoms with Crippen LogP contribution in [0.4, 0.5) is 0 Å². The van der Waals surface area contributed by atoms with Gasteiger partial charge in [-0.25, -0.2) is 0 Å². The molecule has 0 aromatic rings. The van der Waals surface area contributed by atoms with Crippen LogP contribution in [-0.4, -0.2) is 23.6 Å². The van der Waals surface area contributed by atoms with Gasteiger partial charge in [0.05, 0.1) is 0 Å². The molecular weight excluding hydrogens is 358 g/mol. The molecule has 2 rings (SSSR count). The lowest BCUT2D eigenvalue weighted by atomic mass is 9.49. The van der Waals surface area contributed by atoms with Crippen LogP contribution in [-0.2, 0) is 4.43 Å². The van der Waals surface area contributed by atoms with E-state index in [9.17, 15) is 0 Å². The van der Waals surface area contributed by atoms with E-state index < -0.39 is 0 Å². The molecule has 28 heavy (non-hydrogen) atoms. The van der Waals surface area contributed by atoms with E-state index >= 15 is 0 Å². The van der Waals surface area contributed by atoms with Crippen LogP contribution in [0.15, 0.2) is 0 Å². The van der Waals surface area contributed by atoms with Gasteiger partial charge in [-0.2, -0.15) is 0 Å². The molecule has 0 aliphatic heterocycles. The summed E-state index contributed by atoms with van der Waals surface area (Å²) in [5.74, 6) is 6.63. The Bertz CT molecular complexity index is 420. The molecule has 0 heterocycles. The normalized spacial score (nSPS) is 36.8. The summed E-state index contributed by atoms with van der Waals surface area (Å²) in [5.41, 5.74) is 6.44. The van der Waals surface area contributed by atoms with Crippen LogP contribution in [0.3, 0.4) is 0 Å². The van der Waals surface area contributed by atoms with Crippen molar-refractivity contribution >= 4 is 10.5 Å². The summed E-state index contributed by atoms with van der Waals surface area (Å²) in [5, 5.41) is 0. The molecular formula is C25H51NOSi. The van der Waals surface area contributed by atoms with Gasteiger partial charge in [-0.1, -0.05) is 54.4 Å². The van der Waals surface area contributed by atoms with Crippen molar-refractivity contribution in [2.75, 3.05) is 13.2 Å². The van der Waals surface area contributed by atoms with Crippen molar-refractivity contribution in [3.8, 4) is 0 Å². The zero-order valence-electron chi connectivity index (χ0n) is 20.2. The quantitative estimate of drug-likeness (QED) is 0.516. The van der Waals surface area contributed by atoms with Crippen molar-refractivity contribution in [1.82, 2.24) is 0 Å². The standard InChI is InChI=1S/C25H51NOSi/c1-17(2)21-10-8-19(5)14-23(21)25(16-27-28,12-7-13-26)24-15-20(6)9-11-22(24)18(3)4/h17-24H,7-16,26H2,1-6,28H3. The van der Waals surface area contributed by atoms with E-state index in [-0.39, 0.29) is 0 Å². The van der Waals surface area contributed by atoms with E-state index in [4.69, 9.17) is 10.2 Å². The zero-order chi connectivity index (χ0) is 20.9. The van der Waals surface area contributed by atoms with Gasteiger partial charge in [-0.05, 0) is 97.8 Å². The molecule has 0 spiro atoms. The van der Waals surface area contributed by atoms with Crippen molar-refractivity contribution < 1.29 is 4.43 Å². The Labute approximate surface area is 179 Å². The monoisotopic (exact) mass is 409 g/mol. The fourth-order valence-electron chi connectivity index (χ4n) is 7.36. The second-order valence-corrected chi connectivity index (χ2v) is 12.0. The molecule has 0 aromatic heterocycles. The highest BCUT2D eigenvalue weighted by Gasteiger charge is 2.53. The largest absolute Gasteiger partial charge is 0.427 e. The summed E-state index contributed by atoms with van der Waals surface area (Å²) in [6.07, 6.45) is 10.9. The molecule has 0 amide bonds. The fraction of sp³-hybridized carbons (Fsp3) is 1.00. The molecule has 166 valence electrons. The fourth-order valence-corrected chi connectivity index (χ4v) is 7.90. The predicted molar refractivity (Wildman–Crippen MR) is 126 cm³/mol. The minimum atomic E-state index is 0.342. The Hall–Kier alpha value is 0.137. The lowest BCUT2D eigenvalue weighted by molar-refractivity contribution is -0.101. The van der Waals surface area contributed by atoms with Gasteiger partial charge in [-0.3, -0.25) is 0 Å². The van der Waals surface area contributed by atoms with Gasteiger partial charge in [0.2, 0.25) is 0 Å². The number of rotatable bonds is 9. The minimum Gasteiger partial charge on any atom is -0.427 e. The molecule has 2 aliphatic carbocycles. The minimum absolute atomic E-state index is 0.342. The van der Waals surface area contributed by atoms with Crippen LogP contribution < -0.4 is 5.73 Å². The maximum Gasteiger partial charge on any atom is 0.145 e. The van der Waals surface area contributed by atoms with E-state index in [1.807, 2.05) is 0 Å². The maximum atomic E-state index is 6.24. The van der Waals surface area contributed by atoms with E-state index in [0.717, 1.165) is 77.4 Å². The third-order valence-corrected chi connectivity index (χ3v) is 9.07. The van der Waals surface area contributed by atoms with Crippen LogP contribution >= 0.6 is 0 Å². The van der Waals surface area contributed by atoms with Crippen LogP contribution in [0.1, 0.15) is 92.9 Å². The topological polar surface area (TPSA) is 35.2 Å². The van der Waals surface area contributed by atoms with Crippen molar-refractivity contribution in [3.05, 3.63) is 0 Å². The summed E-state index contributed by atoms with van der Waals surface area (Å²) < 4.78 is 6.24. The van der Waals surface area contributed by atoms with E-state index in [2.05, 4.69) is 41.5 Å². The number of hydrogen-bond donors (Lipinski definition) is 1. The van der Waals surface area contributed by atoms with Crippen molar-refractivity contribution in [2.45, 2.75) is 92.9 Å². The van der Waals surface area contributed by atoms with E-state index in [1.54, 1.807) is 0 Å². The van der Waals surface area contributed by atoms with E-state index in [1.165, 1.54) is 44.9 Å². The second kappa shape index (κ2) is 11.0. The van der Waals surface area contributed by atoms with Crippen LogP contribution in [0.25, 0.3) is 0 Å². The summed E-state index contributed by atoms with van der Waals surface area (Å²) in [6.45, 7) is 16.7. The summed E-state index contributed by atoms with van der Waals surface area (Å²) >= 11 is 0. The molecule has 2 nitrogen and oxygen atoms in total. The first-order chi connectivity index (χ1) is 13.3. The van der Waals surface area contributed by atoms with Crippen molar-refractivity contribution in [1.29, 1.82) is 0 Å². The predicted octanol–water partition coefficient (Wildman–Crippen LogP) is 5.43. The first-order valence-corrected chi connectivity index (χ1v) is 13.3. The highest BCUT2D eigenvalue weighted by atomic mass is 28.2. The van der Waals surface area contributed by atoms with Gasteiger partial charge in [-0.15, -0.1) is 0 Å². The highest BCUT2D eigenvalue weighted by molar-refractivity contribution is 5.97. The SMILES string of the molecule is CC1CCC(C(C)C)C(C(CCCN)(CO[SiH3])C2CC(C)CCC2C(C)C)C1. The zero-order valence-corrected chi connectivity index (χ0v) is 22.2. The van der Waals surface area contributed by atoms with Crippen molar-refractivity contribution in [3.63, 3.8) is 0 Å². The molecule has 2 saturated carbocycles. The second-order valence-electron chi connectivity index (χ2n) is 11.4. The van der Waals surface area contributed by atoms with Gasteiger partial charge in [0.25, 0.3) is 0 Å². The van der Waals surface area contributed by atoms with E-state index in [0.29, 0.717) is 5.41 Å². The number of hydrogen-bond acceptors (Lipinski definition) is 2. The molecule has 0 bridgehead atoms. The molecule has 2 fully saturated rings. The third-order valence-electron chi connectivity index (χ3n) is 8.78. The Morgan fingerprint density at radius 1 is 0.893 bits per heavy atom. The molecule has 0 aromatic carbocycles. The number of nitrogens with two attached hydrogens (primary N) is 1. The molecule has 0 radical (unpaired) electrons. The lowest BCUT2D eigenvalue weighted by Gasteiger charge is -2.57. The average Bonchev–Trinajstić information content (AvgIpc) is 2.64. The van der Waals surface area contributed by atoms with Gasteiger partial charge in [0.1, 0.15) is 10.5 Å². The van der Waals surface area contributed by atoms with Crippen molar-refractivity contribution in [2.24, 2.45) is 58.5 Å². The average molecular weight is 410 g/mol. The van der Waals surface area contributed by atoms with Gasteiger partial charge in [0.15, 0.2) is 0 Å².